The fourth-order valence-electron chi connectivity index (χ4n) is 1.83. The lowest BCUT2D eigenvalue weighted by Crippen LogP contribution is -2.28. The van der Waals surface area contributed by atoms with E-state index in [-0.39, 0.29) is 5.78 Å². The first-order valence-electron chi connectivity index (χ1n) is 6.55. The summed E-state index contributed by atoms with van der Waals surface area (Å²) in [4.78, 5) is 11.4. The molecule has 0 amide bonds. The molecule has 114 valence electrons. The van der Waals surface area contributed by atoms with Crippen LogP contribution < -0.4 is 10.6 Å². The minimum absolute atomic E-state index is 0.00970. The Kier molecular flexibility index (Phi) is 5.77. The highest BCUT2D eigenvalue weighted by atomic mass is 35.5. The number of carbonyl (C=O) groups excluding carboxylic acids is 1. The summed E-state index contributed by atoms with van der Waals surface area (Å²) in [7, 11) is 0. The second-order valence-corrected chi connectivity index (χ2v) is 5.93. The first-order chi connectivity index (χ1) is 10.5. The Morgan fingerprint density at radius 1 is 1.18 bits per heavy atom. The molecule has 2 N–H and O–H groups in total. The van der Waals surface area contributed by atoms with E-state index in [1.807, 2.05) is 12.1 Å². The highest BCUT2D eigenvalue weighted by molar-refractivity contribution is 7.80. The number of thiocarbonyl (C=S) groups is 1. The first-order valence-corrected chi connectivity index (χ1v) is 7.72. The zero-order valence-corrected chi connectivity index (χ0v) is 14.1. The van der Waals surface area contributed by atoms with Gasteiger partial charge in [-0.3, -0.25) is 4.79 Å². The minimum Gasteiger partial charge on any atom is -0.358 e. The van der Waals surface area contributed by atoms with Gasteiger partial charge in [-0.1, -0.05) is 41.4 Å². The molecule has 0 radical (unpaired) electrons. The summed E-state index contributed by atoms with van der Waals surface area (Å²) in [5.41, 5.74) is 2.29. The van der Waals surface area contributed by atoms with Crippen LogP contribution in [0.4, 0.5) is 5.69 Å². The molecule has 2 aromatic carbocycles. The van der Waals surface area contributed by atoms with Crippen LogP contribution >= 0.6 is 35.4 Å². The molecule has 0 aliphatic carbocycles. The van der Waals surface area contributed by atoms with Crippen molar-refractivity contribution in [1.29, 1.82) is 0 Å². The molecule has 6 heteroatoms. The number of rotatable bonds is 4. The number of Topliss-reactive ketones (excluding diaryl/α,β-unsaturated/α-hetero) is 1. The van der Waals surface area contributed by atoms with Crippen molar-refractivity contribution in [2.75, 3.05) is 5.32 Å². The van der Waals surface area contributed by atoms with Crippen LogP contribution in [0.15, 0.2) is 42.5 Å². The highest BCUT2D eigenvalue weighted by Crippen LogP contribution is 2.20. The van der Waals surface area contributed by atoms with Crippen molar-refractivity contribution < 1.29 is 4.79 Å². The first kappa shape index (κ1) is 16.7. The van der Waals surface area contributed by atoms with E-state index in [0.29, 0.717) is 27.3 Å². The van der Waals surface area contributed by atoms with Gasteiger partial charge in [0.2, 0.25) is 0 Å². The van der Waals surface area contributed by atoms with Gasteiger partial charge in [0.15, 0.2) is 10.9 Å². The number of nitrogens with one attached hydrogen (secondary N) is 2. The van der Waals surface area contributed by atoms with Gasteiger partial charge in [0.05, 0.1) is 0 Å². The van der Waals surface area contributed by atoms with E-state index in [1.54, 1.807) is 30.3 Å². The van der Waals surface area contributed by atoms with Crippen LogP contribution in [0.2, 0.25) is 10.0 Å². The summed E-state index contributed by atoms with van der Waals surface area (Å²) in [6, 6.07) is 12.5. The lowest BCUT2D eigenvalue weighted by atomic mass is 10.1. The lowest BCUT2D eigenvalue weighted by Gasteiger charge is -2.12. The molecular weight excluding hydrogens is 339 g/mol. The normalized spacial score (nSPS) is 10.1. The number of benzene rings is 2. The average molecular weight is 353 g/mol. The smallest absolute Gasteiger partial charge is 0.171 e. The summed E-state index contributed by atoms with van der Waals surface area (Å²) in [6.07, 6.45) is 0. The molecule has 0 spiro atoms. The van der Waals surface area contributed by atoms with E-state index >= 15 is 0 Å². The summed E-state index contributed by atoms with van der Waals surface area (Å²) in [5, 5.41) is 7.73. The Morgan fingerprint density at radius 2 is 1.95 bits per heavy atom. The van der Waals surface area contributed by atoms with Crippen molar-refractivity contribution >= 4 is 52.0 Å². The van der Waals surface area contributed by atoms with Gasteiger partial charge in [0, 0.05) is 27.8 Å². The standard InChI is InChI=1S/C16H14Cl2N2OS/c1-10(21)11-3-2-4-14(7-11)20-16(22)19-9-12-5-6-13(17)8-15(12)18/h2-8H,9H2,1H3,(H2,19,20,22). The molecule has 0 heterocycles. The maximum absolute atomic E-state index is 11.4. The lowest BCUT2D eigenvalue weighted by molar-refractivity contribution is 0.101. The van der Waals surface area contributed by atoms with Crippen LogP contribution in [0, 0.1) is 0 Å². The van der Waals surface area contributed by atoms with Crippen LogP contribution in [0.5, 0.6) is 0 Å². The Balaban J connectivity index is 1.95. The third-order valence-electron chi connectivity index (χ3n) is 2.98. The van der Waals surface area contributed by atoms with Crippen LogP contribution in [-0.2, 0) is 6.54 Å². The summed E-state index contributed by atoms with van der Waals surface area (Å²) in [6.45, 7) is 2.01. The predicted molar refractivity (Wildman–Crippen MR) is 96.0 cm³/mol. The second kappa shape index (κ2) is 7.58. The van der Waals surface area contributed by atoms with Gasteiger partial charge in [0.1, 0.15) is 0 Å². The van der Waals surface area contributed by atoms with E-state index in [4.69, 9.17) is 35.4 Å². The molecule has 0 aliphatic heterocycles. The molecule has 22 heavy (non-hydrogen) atoms. The average Bonchev–Trinajstić information content (AvgIpc) is 2.46. The van der Waals surface area contributed by atoms with Gasteiger partial charge in [-0.25, -0.2) is 0 Å². The van der Waals surface area contributed by atoms with E-state index in [9.17, 15) is 4.79 Å². The summed E-state index contributed by atoms with van der Waals surface area (Å²) in [5.74, 6) is 0.00970. The van der Waals surface area contributed by atoms with Crippen molar-refractivity contribution in [3.8, 4) is 0 Å². The van der Waals surface area contributed by atoms with Gasteiger partial charge >= 0.3 is 0 Å². The van der Waals surface area contributed by atoms with Crippen LogP contribution in [0.25, 0.3) is 0 Å². The van der Waals surface area contributed by atoms with E-state index < -0.39 is 0 Å². The van der Waals surface area contributed by atoms with Gasteiger partial charge < -0.3 is 10.6 Å². The van der Waals surface area contributed by atoms with E-state index in [0.717, 1.165) is 11.3 Å². The molecule has 3 nitrogen and oxygen atoms in total. The van der Waals surface area contributed by atoms with Crippen molar-refractivity contribution in [1.82, 2.24) is 5.32 Å². The fraction of sp³-hybridized carbons (Fsp3) is 0.125. The molecule has 0 atom stereocenters. The molecule has 2 aromatic rings. The van der Waals surface area contributed by atoms with Gasteiger partial charge in [0.25, 0.3) is 0 Å². The van der Waals surface area contributed by atoms with E-state index in [1.165, 1.54) is 6.92 Å². The SMILES string of the molecule is CC(=O)c1cccc(NC(=S)NCc2ccc(Cl)cc2Cl)c1. The monoisotopic (exact) mass is 352 g/mol. The molecule has 0 unspecified atom stereocenters. The number of carbonyl (C=O) groups is 1. The largest absolute Gasteiger partial charge is 0.358 e. The van der Waals surface area contributed by atoms with Gasteiger partial charge in [-0.2, -0.15) is 0 Å². The molecule has 0 saturated heterocycles. The maximum atomic E-state index is 11.4. The number of halogens is 2. The van der Waals surface area contributed by atoms with Gasteiger partial charge in [-0.15, -0.1) is 0 Å². The maximum Gasteiger partial charge on any atom is 0.171 e. The predicted octanol–water partition coefficient (Wildman–Crippen LogP) is 4.68. The van der Waals surface area contributed by atoms with Crippen LogP contribution in [0.3, 0.4) is 0 Å². The Morgan fingerprint density at radius 3 is 2.64 bits per heavy atom. The van der Waals surface area contributed by atoms with Crippen molar-refractivity contribution in [3.63, 3.8) is 0 Å². The molecule has 0 saturated carbocycles. The Bertz CT molecular complexity index is 719. The van der Waals surface area contributed by atoms with Crippen molar-refractivity contribution in [3.05, 3.63) is 63.6 Å². The van der Waals surface area contributed by atoms with Crippen molar-refractivity contribution in [2.24, 2.45) is 0 Å². The third-order valence-corrected chi connectivity index (χ3v) is 3.81. The molecule has 0 aromatic heterocycles. The Hall–Kier alpha value is -1.62. The third kappa shape index (κ3) is 4.70. The zero-order chi connectivity index (χ0) is 16.1. The summed E-state index contributed by atoms with van der Waals surface area (Å²) < 4.78 is 0. The molecule has 0 aliphatic rings. The number of hydrogen-bond acceptors (Lipinski definition) is 2. The second-order valence-electron chi connectivity index (χ2n) is 4.68. The number of ketones is 1. The highest BCUT2D eigenvalue weighted by Gasteiger charge is 2.04. The minimum atomic E-state index is 0.00970. The molecule has 0 bridgehead atoms. The fourth-order valence-corrected chi connectivity index (χ4v) is 2.50. The number of anilines is 1. The molecule has 0 fully saturated rings. The quantitative estimate of drug-likeness (QED) is 0.618. The number of hydrogen-bond donors (Lipinski definition) is 2. The molecule has 2 rings (SSSR count). The van der Waals surface area contributed by atoms with Crippen LogP contribution in [0.1, 0.15) is 22.8 Å². The molecular formula is C16H14Cl2N2OS. The van der Waals surface area contributed by atoms with Crippen LogP contribution in [-0.4, -0.2) is 10.9 Å². The van der Waals surface area contributed by atoms with E-state index in [2.05, 4.69) is 10.6 Å². The topological polar surface area (TPSA) is 41.1 Å². The van der Waals surface area contributed by atoms with Gasteiger partial charge in [-0.05, 0) is 49.0 Å². The Labute approximate surface area is 144 Å². The van der Waals surface area contributed by atoms with Crippen molar-refractivity contribution in [2.45, 2.75) is 13.5 Å². The zero-order valence-electron chi connectivity index (χ0n) is 11.8. The summed E-state index contributed by atoms with van der Waals surface area (Å²) >= 11 is 17.2.